The van der Waals surface area contributed by atoms with Crippen LogP contribution in [0.1, 0.15) is 77.6 Å². The van der Waals surface area contributed by atoms with Crippen molar-refractivity contribution in [1.82, 2.24) is 5.32 Å². The van der Waals surface area contributed by atoms with E-state index in [2.05, 4.69) is 12.2 Å². The first-order valence-electron chi connectivity index (χ1n) is 9.38. The van der Waals surface area contributed by atoms with E-state index in [1.165, 1.54) is 44.9 Å². The molecule has 0 radical (unpaired) electrons. The van der Waals surface area contributed by atoms with E-state index in [1.54, 1.807) is 6.08 Å². The van der Waals surface area contributed by atoms with E-state index < -0.39 is 11.9 Å². The number of nitrogens with one attached hydrogen (secondary N) is 1. The van der Waals surface area contributed by atoms with E-state index in [0.29, 0.717) is 13.0 Å². The standard InChI is InChI=1S/C19H35NO4/c1-2-3-4-5-6-7-8-9-10-11-13-17(16-18(22)23)19(24)20-14-12-15-21/h11,13,17,21H,2-10,12,14-16H2,1H3,(H,20,24)(H,22,23). The van der Waals surface area contributed by atoms with Gasteiger partial charge >= 0.3 is 5.97 Å². The summed E-state index contributed by atoms with van der Waals surface area (Å²) >= 11 is 0. The highest BCUT2D eigenvalue weighted by Gasteiger charge is 2.18. The summed E-state index contributed by atoms with van der Waals surface area (Å²) in [6.07, 6.45) is 14.9. The Bertz CT molecular complexity index is 355. The molecule has 0 bridgehead atoms. The average molecular weight is 341 g/mol. The second kappa shape index (κ2) is 16.5. The Morgan fingerprint density at radius 3 is 2.21 bits per heavy atom. The lowest BCUT2D eigenvalue weighted by atomic mass is 10.0. The molecule has 140 valence electrons. The molecule has 0 aliphatic carbocycles. The van der Waals surface area contributed by atoms with Gasteiger partial charge in [0.05, 0.1) is 12.3 Å². The third-order valence-corrected chi connectivity index (χ3v) is 3.96. The number of unbranched alkanes of at least 4 members (excludes halogenated alkanes) is 8. The van der Waals surface area contributed by atoms with Crippen molar-refractivity contribution in [2.45, 2.75) is 77.6 Å². The maximum atomic E-state index is 11.9. The smallest absolute Gasteiger partial charge is 0.304 e. The van der Waals surface area contributed by atoms with Gasteiger partial charge in [0.2, 0.25) is 5.91 Å². The molecule has 0 aromatic heterocycles. The van der Waals surface area contributed by atoms with Crippen LogP contribution in [0.3, 0.4) is 0 Å². The second-order valence-electron chi connectivity index (χ2n) is 6.26. The molecular weight excluding hydrogens is 306 g/mol. The molecule has 0 spiro atoms. The van der Waals surface area contributed by atoms with Crippen LogP contribution in [0.4, 0.5) is 0 Å². The van der Waals surface area contributed by atoms with Gasteiger partial charge in [-0.1, -0.05) is 64.0 Å². The highest BCUT2D eigenvalue weighted by atomic mass is 16.4. The predicted octanol–water partition coefficient (Wildman–Crippen LogP) is 3.66. The lowest BCUT2D eigenvalue weighted by molar-refractivity contribution is -0.140. The molecule has 0 rings (SSSR count). The van der Waals surface area contributed by atoms with Crippen LogP contribution >= 0.6 is 0 Å². The van der Waals surface area contributed by atoms with Crippen LogP contribution in [0.25, 0.3) is 0 Å². The molecule has 0 aromatic rings. The molecule has 0 heterocycles. The summed E-state index contributed by atoms with van der Waals surface area (Å²) in [6, 6.07) is 0. The zero-order valence-electron chi connectivity index (χ0n) is 15.1. The molecular formula is C19H35NO4. The Kier molecular flexibility index (Phi) is 15.6. The number of hydrogen-bond donors (Lipinski definition) is 3. The van der Waals surface area contributed by atoms with Crippen LogP contribution in [0.5, 0.6) is 0 Å². The number of aliphatic hydroxyl groups excluding tert-OH is 1. The van der Waals surface area contributed by atoms with Gasteiger partial charge in [-0.3, -0.25) is 9.59 Å². The van der Waals surface area contributed by atoms with Gasteiger partial charge in [-0.15, -0.1) is 0 Å². The lowest BCUT2D eigenvalue weighted by Gasteiger charge is -2.11. The zero-order chi connectivity index (χ0) is 18.0. The van der Waals surface area contributed by atoms with Crippen LogP contribution in [0.15, 0.2) is 12.2 Å². The fourth-order valence-electron chi connectivity index (χ4n) is 2.51. The summed E-state index contributed by atoms with van der Waals surface area (Å²) in [5.74, 6) is -1.89. The van der Waals surface area contributed by atoms with E-state index >= 15 is 0 Å². The van der Waals surface area contributed by atoms with E-state index in [-0.39, 0.29) is 18.9 Å². The van der Waals surface area contributed by atoms with E-state index in [0.717, 1.165) is 12.8 Å². The number of carboxylic acid groups (broad SMARTS) is 1. The number of hydrogen-bond acceptors (Lipinski definition) is 3. The SMILES string of the molecule is CCCCCCCCCCC=CC(CC(=O)O)C(=O)NCCCO. The minimum Gasteiger partial charge on any atom is -0.481 e. The van der Waals surface area contributed by atoms with Crippen LogP contribution in [0, 0.1) is 5.92 Å². The van der Waals surface area contributed by atoms with Crippen molar-refractivity contribution in [2.24, 2.45) is 5.92 Å². The van der Waals surface area contributed by atoms with Gasteiger partial charge in [-0.2, -0.15) is 0 Å². The number of aliphatic carboxylic acids is 1. The predicted molar refractivity (Wildman–Crippen MR) is 96.8 cm³/mol. The summed E-state index contributed by atoms with van der Waals surface area (Å²) in [5, 5.41) is 20.3. The molecule has 0 saturated heterocycles. The average Bonchev–Trinajstić information content (AvgIpc) is 2.55. The summed E-state index contributed by atoms with van der Waals surface area (Å²) in [4.78, 5) is 22.8. The first-order chi connectivity index (χ1) is 11.6. The maximum Gasteiger partial charge on any atom is 0.304 e. The topological polar surface area (TPSA) is 86.6 Å². The Morgan fingerprint density at radius 1 is 1.00 bits per heavy atom. The number of aliphatic hydroxyl groups is 1. The molecule has 0 aromatic carbocycles. The van der Waals surface area contributed by atoms with Crippen LogP contribution in [-0.2, 0) is 9.59 Å². The third kappa shape index (κ3) is 14.2. The summed E-state index contributed by atoms with van der Waals surface area (Å²) in [5.41, 5.74) is 0. The summed E-state index contributed by atoms with van der Waals surface area (Å²) in [7, 11) is 0. The minimum absolute atomic E-state index is 0.0121. The molecule has 5 heteroatoms. The molecule has 0 aliphatic rings. The molecule has 5 nitrogen and oxygen atoms in total. The number of carbonyl (C=O) groups is 2. The Morgan fingerprint density at radius 2 is 1.62 bits per heavy atom. The van der Waals surface area contributed by atoms with Gasteiger partial charge in [-0.05, 0) is 19.3 Å². The normalized spacial score (nSPS) is 12.4. The van der Waals surface area contributed by atoms with Gasteiger partial charge in [-0.25, -0.2) is 0 Å². The molecule has 24 heavy (non-hydrogen) atoms. The fourth-order valence-corrected chi connectivity index (χ4v) is 2.51. The van der Waals surface area contributed by atoms with Crippen molar-refractivity contribution in [3.05, 3.63) is 12.2 Å². The zero-order valence-corrected chi connectivity index (χ0v) is 15.1. The van der Waals surface area contributed by atoms with Crippen LogP contribution < -0.4 is 5.32 Å². The third-order valence-electron chi connectivity index (χ3n) is 3.96. The Balaban J connectivity index is 3.91. The van der Waals surface area contributed by atoms with E-state index in [1.807, 2.05) is 6.08 Å². The van der Waals surface area contributed by atoms with Crippen molar-refractivity contribution in [3.8, 4) is 0 Å². The first-order valence-corrected chi connectivity index (χ1v) is 9.38. The number of allylic oxidation sites excluding steroid dienone is 1. The number of rotatable bonds is 16. The van der Waals surface area contributed by atoms with E-state index in [4.69, 9.17) is 10.2 Å². The van der Waals surface area contributed by atoms with E-state index in [9.17, 15) is 9.59 Å². The van der Waals surface area contributed by atoms with Gasteiger partial charge < -0.3 is 15.5 Å². The Labute approximate surface area is 146 Å². The maximum absolute atomic E-state index is 11.9. The number of amides is 1. The van der Waals surface area contributed by atoms with Crippen LogP contribution in [0.2, 0.25) is 0 Å². The molecule has 0 aliphatic heterocycles. The van der Waals surface area contributed by atoms with Crippen molar-refractivity contribution >= 4 is 11.9 Å². The van der Waals surface area contributed by atoms with Crippen molar-refractivity contribution < 1.29 is 19.8 Å². The van der Waals surface area contributed by atoms with Crippen molar-refractivity contribution in [1.29, 1.82) is 0 Å². The van der Waals surface area contributed by atoms with Crippen molar-refractivity contribution in [2.75, 3.05) is 13.2 Å². The molecule has 0 saturated carbocycles. The highest BCUT2D eigenvalue weighted by molar-refractivity contribution is 5.84. The van der Waals surface area contributed by atoms with Gasteiger partial charge in [0.1, 0.15) is 0 Å². The van der Waals surface area contributed by atoms with Gasteiger partial charge in [0.15, 0.2) is 0 Å². The molecule has 0 fully saturated rings. The Hall–Kier alpha value is -1.36. The van der Waals surface area contributed by atoms with Gasteiger partial charge in [0.25, 0.3) is 0 Å². The largest absolute Gasteiger partial charge is 0.481 e. The van der Waals surface area contributed by atoms with Crippen molar-refractivity contribution in [3.63, 3.8) is 0 Å². The fraction of sp³-hybridized carbons (Fsp3) is 0.789. The molecule has 1 unspecified atom stereocenters. The molecule has 1 amide bonds. The highest BCUT2D eigenvalue weighted by Crippen LogP contribution is 2.11. The lowest BCUT2D eigenvalue weighted by Crippen LogP contribution is -2.32. The van der Waals surface area contributed by atoms with Gasteiger partial charge in [0, 0.05) is 13.2 Å². The number of carbonyl (C=O) groups excluding carboxylic acids is 1. The summed E-state index contributed by atoms with van der Waals surface area (Å²) in [6.45, 7) is 2.60. The van der Waals surface area contributed by atoms with Crippen LogP contribution in [-0.4, -0.2) is 35.2 Å². The minimum atomic E-state index is -0.978. The first kappa shape index (κ1) is 22.6. The monoisotopic (exact) mass is 341 g/mol. The molecule has 1 atom stereocenters. The second-order valence-corrected chi connectivity index (χ2v) is 6.26. The molecule has 3 N–H and O–H groups in total. The number of carboxylic acids is 1. The quantitative estimate of drug-likeness (QED) is 0.295. The summed E-state index contributed by atoms with van der Waals surface area (Å²) < 4.78 is 0.